The van der Waals surface area contributed by atoms with Crippen LogP contribution >= 0.6 is 11.6 Å². The third-order valence-corrected chi connectivity index (χ3v) is 3.45. The molecule has 0 radical (unpaired) electrons. The summed E-state index contributed by atoms with van der Waals surface area (Å²) in [4.78, 5) is 11.1. The molecule has 0 aliphatic carbocycles. The Hall–Kier alpha value is -1.84. The molecule has 0 unspecified atom stereocenters. The normalized spacial score (nSPS) is 12.1. The summed E-state index contributed by atoms with van der Waals surface area (Å²) in [7, 11) is 0. The average Bonchev–Trinajstić information content (AvgIpc) is 2.46. The minimum atomic E-state index is -0.405. The van der Waals surface area contributed by atoms with Gasteiger partial charge in [-0.15, -0.1) is 0 Å². The van der Waals surface area contributed by atoms with E-state index in [1.165, 1.54) is 5.56 Å². The molecule has 1 amide bonds. The van der Waals surface area contributed by atoms with Gasteiger partial charge in [0.05, 0.1) is 0 Å². The van der Waals surface area contributed by atoms with Gasteiger partial charge >= 0.3 is 0 Å². The predicted molar refractivity (Wildman–Crippen MR) is 81.7 cm³/mol. The molecule has 2 aromatic rings. The van der Waals surface area contributed by atoms with Gasteiger partial charge in [-0.2, -0.15) is 0 Å². The minimum absolute atomic E-state index is 0.199. The molecule has 104 valence electrons. The van der Waals surface area contributed by atoms with Gasteiger partial charge in [0.2, 0.25) is 5.91 Å². The standard InChI is InChI=1S/C16H17ClN2O/c1-11(13-5-7-15(17)8-6-13)19-10-12-3-2-4-14(9-12)16(18)20/h2-9,11,19H,10H2,1H3,(H2,18,20)/t11-/m1/s1. The van der Waals surface area contributed by atoms with E-state index in [0.29, 0.717) is 12.1 Å². The van der Waals surface area contributed by atoms with Gasteiger partial charge in [0.15, 0.2) is 0 Å². The molecule has 2 rings (SSSR count). The molecule has 0 fully saturated rings. The molecule has 2 aromatic carbocycles. The van der Waals surface area contributed by atoms with Gasteiger partial charge in [0, 0.05) is 23.2 Å². The van der Waals surface area contributed by atoms with Gasteiger partial charge in [-0.3, -0.25) is 4.79 Å². The number of nitrogens with two attached hydrogens (primary N) is 1. The van der Waals surface area contributed by atoms with Crippen LogP contribution in [0.1, 0.15) is 34.5 Å². The van der Waals surface area contributed by atoms with Crippen LogP contribution in [0.4, 0.5) is 0 Å². The number of primary amides is 1. The van der Waals surface area contributed by atoms with Gasteiger partial charge in [0.1, 0.15) is 0 Å². The number of halogens is 1. The van der Waals surface area contributed by atoms with Crippen molar-refractivity contribution in [2.45, 2.75) is 19.5 Å². The Kier molecular flexibility index (Phi) is 4.77. The van der Waals surface area contributed by atoms with Crippen molar-refractivity contribution in [2.24, 2.45) is 5.73 Å². The summed E-state index contributed by atoms with van der Waals surface area (Å²) in [5.41, 5.74) is 8.00. The molecule has 20 heavy (non-hydrogen) atoms. The van der Waals surface area contributed by atoms with E-state index in [4.69, 9.17) is 17.3 Å². The number of rotatable bonds is 5. The van der Waals surface area contributed by atoms with E-state index in [1.807, 2.05) is 42.5 Å². The summed E-state index contributed by atoms with van der Waals surface area (Å²) in [6.07, 6.45) is 0. The Balaban J connectivity index is 1.99. The molecule has 0 heterocycles. The van der Waals surface area contributed by atoms with Crippen molar-refractivity contribution in [3.05, 3.63) is 70.2 Å². The largest absolute Gasteiger partial charge is 0.366 e. The zero-order valence-electron chi connectivity index (χ0n) is 11.3. The van der Waals surface area contributed by atoms with Crippen LogP contribution in [0.2, 0.25) is 5.02 Å². The molecule has 0 aliphatic heterocycles. The first kappa shape index (κ1) is 14.6. The fourth-order valence-electron chi connectivity index (χ4n) is 1.97. The van der Waals surface area contributed by atoms with Crippen LogP contribution in [0, 0.1) is 0 Å². The predicted octanol–water partition coefficient (Wildman–Crippen LogP) is 3.29. The van der Waals surface area contributed by atoms with E-state index in [1.54, 1.807) is 6.07 Å². The topological polar surface area (TPSA) is 55.1 Å². The number of hydrogen-bond acceptors (Lipinski definition) is 2. The van der Waals surface area contributed by atoms with Crippen LogP contribution in [-0.2, 0) is 6.54 Å². The molecule has 0 saturated heterocycles. The van der Waals surface area contributed by atoms with E-state index in [9.17, 15) is 4.79 Å². The van der Waals surface area contributed by atoms with Crippen LogP contribution in [-0.4, -0.2) is 5.91 Å². The van der Waals surface area contributed by atoms with Crippen LogP contribution in [0.15, 0.2) is 48.5 Å². The number of carbonyl (C=O) groups is 1. The number of carbonyl (C=O) groups excluding carboxylic acids is 1. The van der Waals surface area contributed by atoms with Gasteiger partial charge in [-0.1, -0.05) is 35.9 Å². The SMILES string of the molecule is C[C@@H](NCc1cccc(C(N)=O)c1)c1ccc(Cl)cc1. The molecule has 3 nitrogen and oxygen atoms in total. The number of hydrogen-bond donors (Lipinski definition) is 2. The third-order valence-electron chi connectivity index (χ3n) is 3.19. The maximum absolute atomic E-state index is 11.1. The monoisotopic (exact) mass is 288 g/mol. The first-order valence-corrected chi connectivity index (χ1v) is 6.81. The summed E-state index contributed by atoms with van der Waals surface area (Å²) in [6, 6.07) is 15.3. The van der Waals surface area contributed by atoms with E-state index >= 15 is 0 Å². The Labute approximate surface area is 123 Å². The van der Waals surface area contributed by atoms with Crippen molar-refractivity contribution in [1.82, 2.24) is 5.32 Å². The molecule has 4 heteroatoms. The second kappa shape index (κ2) is 6.55. The molecule has 0 saturated carbocycles. The second-order valence-electron chi connectivity index (χ2n) is 4.72. The molecular weight excluding hydrogens is 272 g/mol. The lowest BCUT2D eigenvalue weighted by molar-refractivity contribution is 0.1000. The fraction of sp³-hybridized carbons (Fsp3) is 0.188. The van der Waals surface area contributed by atoms with Crippen LogP contribution in [0.3, 0.4) is 0 Å². The maximum atomic E-state index is 11.1. The minimum Gasteiger partial charge on any atom is -0.366 e. The lowest BCUT2D eigenvalue weighted by Gasteiger charge is -2.14. The highest BCUT2D eigenvalue weighted by Crippen LogP contribution is 2.16. The summed E-state index contributed by atoms with van der Waals surface area (Å²) < 4.78 is 0. The van der Waals surface area contributed by atoms with Crippen molar-refractivity contribution in [1.29, 1.82) is 0 Å². The highest BCUT2D eigenvalue weighted by atomic mass is 35.5. The average molecular weight is 289 g/mol. The second-order valence-corrected chi connectivity index (χ2v) is 5.16. The van der Waals surface area contributed by atoms with Crippen molar-refractivity contribution in [2.75, 3.05) is 0 Å². The molecule has 0 bridgehead atoms. The van der Waals surface area contributed by atoms with Crippen molar-refractivity contribution >= 4 is 17.5 Å². The lowest BCUT2D eigenvalue weighted by atomic mass is 10.1. The number of nitrogens with one attached hydrogen (secondary N) is 1. The Morgan fingerprint density at radius 1 is 1.25 bits per heavy atom. The Morgan fingerprint density at radius 2 is 1.95 bits per heavy atom. The Bertz CT molecular complexity index is 596. The van der Waals surface area contributed by atoms with Gasteiger partial charge in [-0.25, -0.2) is 0 Å². The first-order valence-electron chi connectivity index (χ1n) is 6.44. The molecule has 3 N–H and O–H groups in total. The molecule has 0 aliphatic rings. The quantitative estimate of drug-likeness (QED) is 0.887. The van der Waals surface area contributed by atoms with E-state index in [2.05, 4.69) is 12.2 Å². The van der Waals surface area contributed by atoms with Crippen LogP contribution in [0.25, 0.3) is 0 Å². The van der Waals surface area contributed by atoms with E-state index < -0.39 is 5.91 Å². The van der Waals surface area contributed by atoms with Crippen molar-refractivity contribution < 1.29 is 4.79 Å². The van der Waals surface area contributed by atoms with E-state index in [0.717, 1.165) is 10.6 Å². The summed E-state index contributed by atoms with van der Waals surface area (Å²) in [6.45, 7) is 2.76. The summed E-state index contributed by atoms with van der Waals surface area (Å²) in [5.74, 6) is -0.405. The molecule has 0 spiro atoms. The Morgan fingerprint density at radius 3 is 2.60 bits per heavy atom. The van der Waals surface area contributed by atoms with Gasteiger partial charge in [-0.05, 0) is 42.3 Å². The van der Waals surface area contributed by atoms with E-state index in [-0.39, 0.29) is 6.04 Å². The number of benzene rings is 2. The van der Waals surface area contributed by atoms with Gasteiger partial charge < -0.3 is 11.1 Å². The maximum Gasteiger partial charge on any atom is 0.248 e. The third kappa shape index (κ3) is 3.83. The molecular formula is C16H17ClN2O. The summed E-state index contributed by atoms with van der Waals surface area (Å²) in [5, 5.41) is 4.14. The lowest BCUT2D eigenvalue weighted by Crippen LogP contribution is -2.18. The zero-order chi connectivity index (χ0) is 14.5. The highest BCUT2D eigenvalue weighted by Gasteiger charge is 2.06. The molecule has 1 atom stereocenters. The first-order chi connectivity index (χ1) is 9.56. The van der Waals surface area contributed by atoms with Crippen LogP contribution < -0.4 is 11.1 Å². The smallest absolute Gasteiger partial charge is 0.248 e. The van der Waals surface area contributed by atoms with Gasteiger partial charge in [0.25, 0.3) is 0 Å². The fourth-order valence-corrected chi connectivity index (χ4v) is 2.10. The van der Waals surface area contributed by atoms with Crippen LogP contribution in [0.5, 0.6) is 0 Å². The zero-order valence-corrected chi connectivity index (χ0v) is 12.0. The highest BCUT2D eigenvalue weighted by molar-refractivity contribution is 6.30. The van der Waals surface area contributed by atoms with Crippen molar-refractivity contribution in [3.8, 4) is 0 Å². The van der Waals surface area contributed by atoms with Crippen molar-refractivity contribution in [3.63, 3.8) is 0 Å². The molecule has 0 aromatic heterocycles. The number of amides is 1. The summed E-state index contributed by atoms with van der Waals surface area (Å²) >= 11 is 5.87.